The van der Waals surface area contributed by atoms with Gasteiger partial charge >= 0.3 is 0 Å². The molecule has 0 aromatic heterocycles. The van der Waals surface area contributed by atoms with Crippen LogP contribution in [-0.2, 0) is 5.33 Å². The molecule has 0 N–H and O–H groups in total. The Bertz CT molecular complexity index is 552. The lowest BCUT2D eigenvalue weighted by Gasteiger charge is -2.21. The molecule has 2 aromatic rings. The first-order valence-corrected chi connectivity index (χ1v) is 7.68. The minimum atomic E-state index is 0.875. The number of aryl methyl sites for hydroxylation is 1. The zero-order chi connectivity index (χ0) is 13.1. The third-order valence-corrected chi connectivity index (χ3v) is 4.20. The summed E-state index contributed by atoms with van der Waals surface area (Å²) >= 11 is 7.12. The number of alkyl halides is 1. The third kappa shape index (κ3) is 2.96. The molecule has 0 aliphatic carbocycles. The van der Waals surface area contributed by atoms with Gasteiger partial charge in [0.1, 0.15) is 0 Å². The van der Waals surface area contributed by atoms with Gasteiger partial charge in [0.15, 0.2) is 0 Å². The predicted molar refractivity (Wildman–Crippen MR) is 86.0 cm³/mol. The number of anilines is 2. The van der Waals surface area contributed by atoms with E-state index < -0.39 is 0 Å². The van der Waals surface area contributed by atoms with E-state index in [1.807, 2.05) is 0 Å². The quantitative estimate of drug-likeness (QED) is 0.653. The van der Waals surface area contributed by atoms with Gasteiger partial charge in [-0.2, -0.15) is 0 Å². The highest BCUT2D eigenvalue weighted by Gasteiger charge is 2.08. The molecule has 0 amide bonds. The van der Waals surface area contributed by atoms with Gasteiger partial charge in [-0.05, 0) is 58.2 Å². The van der Waals surface area contributed by atoms with Crippen molar-refractivity contribution in [3.05, 3.63) is 58.1 Å². The molecule has 2 rings (SSSR count). The summed E-state index contributed by atoms with van der Waals surface area (Å²) in [4.78, 5) is 2.19. The van der Waals surface area contributed by atoms with E-state index in [4.69, 9.17) is 0 Å². The average molecular weight is 369 g/mol. The first kappa shape index (κ1) is 13.6. The fourth-order valence-electron chi connectivity index (χ4n) is 1.88. The summed E-state index contributed by atoms with van der Waals surface area (Å²) in [5.74, 6) is 0. The lowest BCUT2D eigenvalue weighted by Crippen LogP contribution is -2.10. The first-order valence-electron chi connectivity index (χ1n) is 5.76. The number of benzene rings is 2. The van der Waals surface area contributed by atoms with E-state index in [0.717, 1.165) is 9.80 Å². The second kappa shape index (κ2) is 5.89. The maximum atomic E-state index is 3.64. The molecule has 18 heavy (non-hydrogen) atoms. The molecular formula is C15H15Br2N. The summed E-state index contributed by atoms with van der Waals surface area (Å²) in [7, 11) is 2.09. The fraction of sp³-hybridized carbons (Fsp3) is 0.200. The van der Waals surface area contributed by atoms with Gasteiger partial charge in [-0.15, -0.1) is 0 Å². The Labute approximate surface area is 125 Å². The summed E-state index contributed by atoms with van der Waals surface area (Å²) in [6.07, 6.45) is 0. The number of rotatable bonds is 3. The summed E-state index contributed by atoms with van der Waals surface area (Å²) in [6, 6.07) is 14.9. The number of hydrogen-bond donors (Lipinski definition) is 0. The van der Waals surface area contributed by atoms with Crippen molar-refractivity contribution in [2.45, 2.75) is 12.3 Å². The van der Waals surface area contributed by atoms with E-state index in [0.29, 0.717) is 0 Å². The second-order valence-corrected chi connectivity index (χ2v) is 5.73. The SMILES string of the molecule is Cc1cccc(N(C)c2ccc(CBr)cc2Br)c1. The Hall–Kier alpha value is -0.800. The minimum Gasteiger partial charge on any atom is -0.344 e. The van der Waals surface area contributed by atoms with Crippen molar-refractivity contribution in [3.63, 3.8) is 0 Å². The van der Waals surface area contributed by atoms with Crippen LogP contribution < -0.4 is 4.90 Å². The van der Waals surface area contributed by atoms with Crippen LogP contribution in [0.3, 0.4) is 0 Å². The topological polar surface area (TPSA) is 3.24 Å². The number of halogens is 2. The lowest BCUT2D eigenvalue weighted by molar-refractivity contribution is 1.19. The van der Waals surface area contributed by atoms with Crippen LogP contribution in [0.2, 0.25) is 0 Å². The largest absolute Gasteiger partial charge is 0.344 e. The molecule has 0 heterocycles. The highest BCUT2D eigenvalue weighted by Crippen LogP contribution is 2.32. The Morgan fingerprint density at radius 3 is 2.50 bits per heavy atom. The normalized spacial score (nSPS) is 10.4. The van der Waals surface area contributed by atoms with Gasteiger partial charge in [-0.1, -0.05) is 34.1 Å². The van der Waals surface area contributed by atoms with Crippen LogP contribution in [0.5, 0.6) is 0 Å². The molecule has 0 spiro atoms. The zero-order valence-corrected chi connectivity index (χ0v) is 13.6. The van der Waals surface area contributed by atoms with Crippen molar-refractivity contribution in [1.29, 1.82) is 0 Å². The highest BCUT2D eigenvalue weighted by molar-refractivity contribution is 9.10. The van der Waals surface area contributed by atoms with Crippen LogP contribution >= 0.6 is 31.9 Å². The standard InChI is InChI=1S/C15H15Br2N/c1-11-4-3-5-13(8-11)18(2)15-7-6-12(10-16)9-14(15)17/h3-9H,10H2,1-2H3. The molecule has 0 unspecified atom stereocenters. The Morgan fingerprint density at radius 1 is 1.11 bits per heavy atom. The van der Waals surface area contributed by atoms with Crippen LogP contribution in [0.15, 0.2) is 46.9 Å². The maximum absolute atomic E-state index is 3.64. The summed E-state index contributed by atoms with van der Waals surface area (Å²) < 4.78 is 1.11. The molecule has 0 saturated carbocycles. The van der Waals surface area contributed by atoms with Gasteiger partial charge in [0.2, 0.25) is 0 Å². The number of nitrogens with zero attached hydrogens (tertiary/aromatic N) is 1. The molecule has 0 fully saturated rings. The molecule has 1 nitrogen and oxygen atoms in total. The zero-order valence-electron chi connectivity index (χ0n) is 10.5. The van der Waals surface area contributed by atoms with Crippen molar-refractivity contribution < 1.29 is 0 Å². The molecular weight excluding hydrogens is 354 g/mol. The van der Waals surface area contributed by atoms with Crippen molar-refractivity contribution in [3.8, 4) is 0 Å². The predicted octanol–water partition coefficient (Wildman–Crippen LogP) is 5.42. The van der Waals surface area contributed by atoms with Crippen molar-refractivity contribution in [2.24, 2.45) is 0 Å². The van der Waals surface area contributed by atoms with Gasteiger partial charge in [0.25, 0.3) is 0 Å². The Kier molecular flexibility index (Phi) is 4.46. The second-order valence-electron chi connectivity index (χ2n) is 4.32. The van der Waals surface area contributed by atoms with Crippen LogP contribution in [0.25, 0.3) is 0 Å². The summed E-state index contributed by atoms with van der Waals surface area (Å²) in [5.41, 5.74) is 4.91. The molecule has 0 aliphatic heterocycles. The molecule has 0 saturated heterocycles. The summed E-state index contributed by atoms with van der Waals surface area (Å²) in [5, 5.41) is 0.875. The minimum absolute atomic E-state index is 0.875. The van der Waals surface area contributed by atoms with Crippen LogP contribution in [-0.4, -0.2) is 7.05 Å². The van der Waals surface area contributed by atoms with Crippen molar-refractivity contribution >= 4 is 43.2 Å². The first-order chi connectivity index (χ1) is 8.61. The van der Waals surface area contributed by atoms with E-state index in [1.165, 1.54) is 22.5 Å². The van der Waals surface area contributed by atoms with E-state index in [-0.39, 0.29) is 0 Å². The molecule has 3 heteroatoms. The lowest BCUT2D eigenvalue weighted by atomic mass is 10.2. The Balaban J connectivity index is 2.37. The molecule has 0 atom stereocenters. The van der Waals surface area contributed by atoms with E-state index in [2.05, 4.69) is 93.2 Å². The van der Waals surface area contributed by atoms with Gasteiger partial charge in [-0.25, -0.2) is 0 Å². The van der Waals surface area contributed by atoms with Gasteiger partial charge in [0.05, 0.1) is 5.69 Å². The van der Waals surface area contributed by atoms with E-state index in [9.17, 15) is 0 Å². The molecule has 2 aromatic carbocycles. The smallest absolute Gasteiger partial charge is 0.0552 e. The van der Waals surface area contributed by atoms with Crippen molar-refractivity contribution in [1.82, 2.24) is 0 Å². The van der Waals surface area contributed by atoms with Gasteiger partial charge < -0.3 is 4.90 Å². The average Bonchev–Trinajstić information content (AvgIpc) is 2.37. The molecule has 0 bridgehead atoms. The summed E-state index contributed by atoms with van der Waals surface area (Å²) in [6.45, 7) is 2.11. The van der Waals surface area contributed by atoms with E-state index >= 15 is 0 Å². The van der Waals surface area contributed by atoms with Gasteiger partial charge in [-0.3, -0.25) is 0 Å². The Morgan fingerprint density at radius 2 is 1.89 bits per heavy atom. The monoisotopic (exact) mass is 367 g/mol. The van der Waals surface area contributed by atoms with Crippen LogP contribution in [0, 0.1) is 6.92 Å². The maximum Gasteiger partial charge on any atom is 0.0552 e. The van der Waals surface area contributed by atoms with Crippen molar-refractivity contribution in [2.75, 3.05) is 11.9 Å². The highest BCUT2D eigenvalue weighted by atomic mass is 79.9. The number of hydrogen-bond acceptors (Lipinski definition) is 1. The molecule has 94 valence electrons. The third-order valence-electron chi connectivity index (χ3n) is 2.92. The van der Waals surface area contributed by atoms with E-state index in [1.54, 1.807) is 0 Å². The fourth-order valence-corrected chi connectivity index (χ4v) is 2.92. The molecule has 0 radical (unpaired) electrons. The van der Waals surface area contributed by atoms with Gasteiger partial charge in [0, 0.05) is 22.5 Å². The molecule has 0 aliphatic rings. The van der Waals surface area contributed by atoms with Crippen LogP contribution in [0.4, 0.5) is 11.4 Å². The van der Waals surface area contributed by atoms with Crippen LogP contribution in [0.1, 0.15) is 11.1 Å².